The maximum absolute atomic E-state index is 12.5. The number of ketones is 1. The van der Waals surface area contributed by atoms with Gasteiger partial charge in [-0.05, 0) is 47.5 Å². The highest BCUT2D eigenvalue weighted by Crippen LogP contribution is 2.25. The van der Waals surface area contributed by atoms with E-state index in [1.807, 2.05) is 18.5 Å². The standard InChI is InChI=1S/C15H17Br2N3O/c1-3-12-15(17)13(20(4-2)19-12)8-14(21)9-5-10(16)7-11(18)6-9/h5-7H,3-4,8,18H2,1-2H3. The highest BCUT2D eigenvalue weighted by Gasteiger charge is 2.18. The molecule has 0 unspecified atom stereocenters. The Bertz CT molecular complexity index is 660. The van der Waals surface area contributed by atoms with E-state index in [0.717, 1.165) is 33.3 Å². The van der Waals surface area contributed by atoms with Gasteiger partial charge in [0, 0.05) is 22.3 Å². The number of nitrogens with zero attached hydrogens (tertiary/aromatic N) is 2. The minimum atomic E-state index is 0.0287. The maximum Gasteiger partial charge on any atom is 0.168 e. The van der Waals surface area contributed by atoms with Crippen LogP contribution in [0.2, 0.25) is 0 Å². The van der Waals surface area contributed by atoms with E-state index in [1.165, 1.54) is 0 Å². The van der Waals surface area contributed by atoms with Crippen molar-refractivity contribution in [3.8, 4) is 0 Å². The van der Waals surface area contributed by atoms with Gasteiger partial charge in [0.2, 0.25) is 0 Å². The maximum atomic E-state index is 12.5. The lowest BCUT2D eigenvalue weighted by molar-refractivity contribution is 0.0990. The molecule has 4 nitrogen and oxygen atoms in total. The minimum Gasteiger partial charge on any atom is -0.399 e. The van der Waals surface area contributed by atoms with Crippen LogP contribution < -0.4 is 5.73 Å². The van der Waals surface area contributed by atoms with Gasteiger partial charge in [-0.2, -0.15) is 5.10 Å². The van der Waals surface area contributed by atoms with Gasteiger partial charge in [-0.1, -0.05) is 22.9 Å². The summed E-state index contributed by atoms with van der Waals surface area (Å²) in [6.45, 7) is 4.81. The lowest BCUT2D eigenvalue weighted by Gasteiger charge is -2.06. The van der Waals surface area contributed by atoms with Gasteiger partial charge in [-0.3, -0.25) is 9.48 Å². The van der Waals surface area contributed by atoms with Crippen LogP contribution in [0, 0.1) is 0 Å². The van der Waals surface area contributed by atoms with Gasteiger partial charge >= 0.3 is 0 Å². The molecule has 21 heavy (non-hydrogen) atoms. The summed E-state index contributed by atoms with van der Waals surface area (Å²) in [6, 6.07) is 5.27. The van der Waals surface area contributed by atoms with E-state index in [2.05, 4.69) is 37.0 Å². The molecular weight excluding hydrogens is 398 g/mol. The summed E-state index contributed by atoms with van der Waals surface area (Å²) in [4.78, 5) is 12.5. The Morgan fingerprint density at radius 3 is 2.57 bits per heavy atom. The van der Waals surface area contributed by atoms with Crippen molar-refractivity contribution in [2.45, 2.75) is 33.2 Å². The number of hydrogen-bond donors (Lipinski definition) is 1. The monoisotopic (exact) mass is 413 g/mol. The first-order valence-corrected chi connectivity index (χ1v) is 8.38. The van der Waals surface area contributed by atoms with Gasteiger partial charge in [-0.25, -0.2) is 0 Å². The number of aryl methyl sites for hydroxylation is 2. The predicted molar refractivity (Wildman–Crippen MR) is 91.6 cm³/mol. The van der Waals surface area contributed by atoms with Gasteiger partial charge in [0.15, 0.2) is 5.78 Å². The molecule has 1 heterocycles. The molecule has 0 amide bonds. The van der Waals surface area contributed by atoms with E-state index in [4.69, 9.17) is 5.73 Å². The number of carbonyl (C=O) groups excluding carboxylic acids is 1. The average Bonchev–Trinajstić information content (AvgIpc) is 2.74. The van der Waals surface area contributed by atoms with Crippen LogP contribution in [-0.2, 0) is 19.4 Å². The van der Waals surface area contributed by atoms with Crippen LogP contribution in [0.25, 0.3) is 0 Å². The van der Waals surface area contributed by atoms with Crippen LogP contribution in [0.5, 0.6) is 0 Å². The van der Waals surface area contributed by atoms with E-state index < -0.39 is 0 Å². The largest absolute Gasteiger partial charge is 0.399 e. The third-order valence-electron chi connectivity index (χ3n) is 3.26. The molecule has 0 aliphatic heterocycles. The Morgan fingerprint density at radius 2 is 2.00 bits per heavy atom. The second-order valence-corrected chi connectivity index (χ2v) is 6.46. The van der Waals surface area contributed by atoms with E-state index >= 15 is 0 Å². The van der Waals surface area contributed by atoms with Crippen molar-refractivity contribution in [2.24, 2.45) is 0 Å². The Kier molecular flexibility index (Phi) is 5.22. The Morgan fingerprint density at radius 1 is 1.29 bits per heavy atom. The second kappa shape index (κ2) is 6.75. The van der Waals surface area contributed by atoms with Crippen LogP contribution in [0.15, 0.2) is 27.1 Å². The molecular formula is C15H17Br2N3O. The lowest BCUT2D eigenvalue weighted by Crippen LogP contribution is -2.10. The summed E-state index contributed by atoms with van der Waals surface area (Å²) in [5.41, 5.74) is 8.87. The molecule has 6 heteroatoms. The molecule has 2 rings (SSSR count). The predicted octanol–water partition coefficient (Wildman–Crippen LogP) is 4.00. The van der Waals surface area contributed by atoms with Crippen molar-refractivity contribution in [3.05, 3.63) is 44.1 Å². The van der Waals surface area contributed by atoms with Gasteiger partial charge in [-0.15, -0.1) is 0 Å². The van der Waals surface area contributed by atoms with Crippen LogP contribution in [0.3, 0.4) is 0 Å². The fourth-order valence-corrected chi connectivity index (χ4v) is 3.43. The smallest absolute Gasteiger partial charge is 0.168 e. The molecule has 2 aromatic rings. The molecule has 1 aromatic carbocycles. The van der Waals surface area contributed by atoms with Crippen molar-refractivity contribution in [3.63, 3.8) is 0 Å². The first-order chi connectivity index (χ1) is 9.96. The number of rotatable bonds is 5. The SMILES string of the molecule is CCc1nn(CC)c(CC(=O)c2cc(N)cc(Br)c2)c1Br. The summed E-state index contributed by atoms with van der Waals surface area (Å²) in [5.74, 6) is 0.0287. The number of nitrogen functional groups attached to an aromatic ring is 1. The molecule has 112 valence electrons. The second-order valence-electron chi connectivity index (χ2n) is 4.75. The first kappa shape index (κ1) is 16.2. The summed E-state index contributed by atoms with van der Waals surface area (Å²) >= 11 is 6.93. The first-order valence-electron chi connectivity index (χ1n) is 6.79. The zero-order chi connectivity index (χ0) is 15.6. The molecule has 0 radical (unpaired) electrons. The van der Waals surface area contributed by atoms with Crippen LogP contribution >= 0.6 is 31.9 Å². The van der Waals surface area contributed by atoms with Crippen molar-refractivity contribution < 1.29 is 4.79 Å². The molecule has 2 N–H and O–H groups in total. The number of carbonyl (C=O) groups is 1. The Balaban J connectivity index is 2.33. The van der Waals surface area contributed by atoms with E-state index in [-0.39, 0.29) is 5.78 Å². The van der Waals surface area contributed by atoms with Crippen LogP contribution in [0.1, 0.15) is 35.6 Å². The molecule has 0 atom stereocenters. The zero-order valence-corrected chi connectivity index (χ0v) is 15.2. The van der Waals surface area contributed by atoms with Crippen LogP contribution in [-0.4, -0.2) is 15.6 Å². The number of nitrogens with two attached hydrogens (primary N) is 1. The molecule has 0 bridgehead atoms. The highest BCUT2D eigenvalue weighted by molar-refractivity contribution is 9.10. The quantitative estimate of drug-likeness (QED) is 0.594. The van der Waals surface area contributed by atoms with Crippen molar-refractivity contribution in [1.29, 1.82) is 0 Å². The molecule has 0 aliphatic carbocycles. The number of hydrogen-bond acceptors (Lipinski definition) is 3. The van der Waals surface area contributed by atoms with Crippen molar-refractivity contribution >= 4 is 43.3 Å². The van der Waals surface area contributed by atoms with E-state index in [0.29, 0.717) is 17.7 Å². The van der Waals surface area contributed by atoms with Gasteiger partial charge in [0.05, 0.1) is 22.3 Å². The lowest BCUT2D eigenvalue weighted by atomic mass is 10.1. The van der Waals surface area contributed by atoms with Crippen molar-refractivity contribution in [1.82, 2.24) is 9.78 Å². The van der Waals surface area contributed by atoms with E-state index in [9.17, 15) is 4.79 Å². The summed E-state index contributed by atoms with van der Waals surface area (Å²) < 4.78 is 3.62. The van der Waals surface area contributed by atoms with Crippen LogP contribution in [0.4, 0.5) is 5.69 Å². The molecule has 0 fully saturated rings. The average molecular weight is 415 g/mol. The third kappa shape index (κ3) is 3.55. The molecule has 0 saturated heterocycles. The fourth-order valence-electron chi connectivity index (χ4n) is 2.21. The number of halogens is 2. The number of benzene rings is 1. The molecule has 0 spiro atoms. The minimum absolute atomic E-state index is 0.0287. The highest BCUT2D eigenvalue weighted by atomic mass is 79.9. The fraction of sp³-hybridized carbons (Fsp3) is 0.333. The zero-order valence-electron chi connectivity index (χ0n) is 12.0. The normalized spacial score (nSPS) is 10.9. The van der Waals surface area contributed by atoms with Gasteiger partial charge in [0.1, 0.15) is 0 Å². The Labute approximate surface area is 141 Å². The Hall–Kier alpha value is -1.14. The summed E-state index contributed by atoms with van der Waals surface area (Å²) in [7, 11) is 0. The summed E-state index contributed by atoms with van der Waals surface area (Å²) in [6.07, 6.45) is 1.13. The number of aromatic nitrogens is 2. The summed E-state index contributed by atoms with van der Waals surface area (Å²) in [5, 5.41) is 4.51. The number of Topliss-reactive ketones (excluding diaryl/α,β-unsaturated/α-hetero) is 1. The van der Waals surface area contributed by atoms with Gasteiger partial charge in [0.25, 0.3) is 0 Å². The number of anilines is 1. The topological polar surface area (TPSA) is 60.9 Å². The van der Waals surface area contributed by atoms with Gasteiger partial charge < -0.3 is 5.73 Å². The third-order valence-corrected chi connectivity index (χ3v) is 4.64. The molecule has 1 aromatic heterocycles. The van der Waals surface area contributed by atoms with E-state index in [1.54, 1.807) is 18.2 Å². The molecule has 0 aliphatic rings. The molecule has 0 saturated carbocycles. The van der Waals surface area contributed by atoms with Crippen molar-refractivity contribution in [2.75, 3.05) is 5.73 Å².